The van der Waals surface area contributed by atoms with Crippen molar-refractivity contribution < 1.29 is 4.79 Å². The average Bonchev–Trinajstić information content (AvgIpc) is 2.68. The van der Waals surface area contributed by atoms with Gasteiger partial charge >= 0.3 is 0 Å². The predicted octanol–water partition coefficient (Wildman–Crippen LogP) is 1.61. The minimum atomic E-state index is 0.398. The molecular formula is C11H10N2O. The second-order valence-electron chi connectivity index (χ2n) is 2.94. The maximum atomic E-state index is 10.4. The number of hydrogen-bond acceptors (Lipinski definition) is 2. The monoisotopic (exact) mass is 186 g/mol. The van der Waals surface area contributed by atoms with E-state index in [0.29, 0.717) is 6.42 Å². The summed E-state index contributed by atoms with van der Waals surface area (Å²) < 4.78 is 1.77. The summed E-state index contributed by atoms with van der Waals surface area (Å²) in [6, 6.07) is 11.6. The van der Waals surface area contributed by atoms with Crippen LogP contribution in [0.3, 0.4) is 0 Å². The van der Waals surface area contributed by atoms with Gasteiger partial charge in [0.15, 0.2) is 0 Å². The lowest BCUT2D eigenvalue weighted by Crippen LogP contribution is -2.02. The zero-order valence-corrected chi connectivity index (χ0v) is 7.63. The number of para-hydroxylation sites is 1. The van der Waals surface area contributed by atoms with Crippen LogP contribution in [0.25, 0.3) is 5.69 Å². The fourth-order valence-electron chi connectivity index (χ4n) is 1.37. The summed E-state index contributed by atoms with van der Waals surface area (Å²) in [4.78, 5) is 10.4. The molecule has 0 aliphatic rings. The smallest absolute Gasteiger partial charge is 0.125 e. The van der Waals surface area contributed by atoms with Crippen molar-refractivity contribution in [1.82, 2.24) is 9.78 Å². The second kappa shape index (κ2) is 3.87. The summed E-state index contributed by atoms with van der Waals surface area (Å²) in [6.07, 6.45) is 2.98. The van der Waals surface area contributed by atoms with Gasteiger partial charge in [0, 0.05) is 12.6 Å². The molecule has 0 aliphatic carbocycles. The van der Waals surface area contributed by atoms with E-state index in [4.69, 9.17) is 0 Å². The minimum Gasteiger partial charge on any atom is -0.303 e. The van der Waals surface area contributed by atoms with E-state index in [1.165, 1.54) is 0 Å². The average molecular weight is 186 g/mol. The van der Waals surface area contributed by atoms with E-state index >= 15 is 0 Å². The lowest BCUT2D eigenvalue weighted by Gasteiger charge is -2.03. The van der Waals surface area contributed by atoms with Crippen LogP contribution in [0.1, 0.15) is 5.69 Å². The molecule has 3 heteroatoms. The van der Waals surface area contributed by atoms with Crippen molar-refractivity contribution in [3.05, 3.63) is 48.3 Å². The SMILES string of the molecule is O=CCc1ccnn1-c1ccccc1. The molecule has 0 bridgehead atoms. The molecule has 14 heavy (non-hydrogen) atoms. The molecule has 1 aromatic heterocycles. The first-order valence-corrected chi connectivity index (χ1v) is 4.44. The van der Waals surface area contributed by atoms with Crippen molar-refractivity contribution in [2.24, 2.45) is 0 Å². The Kier molecular flexibility index (Phi) is 2.40. The first-order valence-electron chi connectivity index (χ1n) is 4.44. The zero-order chi connectivity index (χ0) is 9.80. The second-order valence-corrected chi connectivity index (χ2v) is 2.94. The van der Waals surface area contributed by atoms with Gasteiger partial charge in [-0.2, -0.15) is 5.10 Å². The summed E-state index contributed by atoms with van der Waals surface area (Å²) >= 11 is 0. The van der Waals surface area contributed by atoms with Crippen LogP contribution >= 0.6 is 0 Å². The summed E-state index contributed by atoms with van der Waals surface area (Å²) in [5.41, 5.74) is 1.89. The molecule has 0 aliphatic heterocycles. The number of benzene rings is 1. The molecule has 2 aromatic rings. The summed E-state index contributed by atoms with van der Waals surface area (Å²) in [5, 5.41) is 4.16. The van der Waals surface area contributed by atoms with Gasteiger partial charge < -0.3 is 4.79 Å². The van der Waals surface area contributed by atoms with E-state index in [9.17, 15) is 4.79 Å². The minimum absolute atomic E-state index is 0.398. The summed E-state index contributed by atoms with van der Waals surface area (Å²) in [5.74, 6) is 0. The Balaban J connectivity index is 2.41. The molecule has 70 valence electrons. The Labute approximate surface area is 82.0 Å². The van der Waals surface area contributed by atoms with E-state index in [1.807, 2.05) is 36.4 Å². The number of carbonyl (C=O) groups excluding carboxylic acids is 1. The number of aldehydes is 1. The molecule has 0 radical (unpaired) electrons. The Morgan fingerprint density at radius 1 is 1.21 bits per heavy atom. The van der Waals surface area contributed by atoms with Crippen LogP contribution < -0.4 is 0 Å². The van der Waals surface area contributed by atoms with Crippen LogP contribution in [-0.2, 0) is 11.2 Å². The van der Waals surface area contributed by atoms with Gasteiger partial charge in [-0.25, -0.2) is 4.68 Å². The van der Waals surface area contributed by atoms with Crippen molar-refractivity contribution in [3.63, 3.8) is 0 Å². The molecule has 0 saturated carbocycles. The maximum Gasteiger partial charge on any atom is 0.125 e. The fraction of sp³-hybridized carbons (Fsp3) is 0.0909. The predicted molar refractivity (Wildman–Crippen MR) is 53.3 cm³/mol. The van der Waals surface area contributed by atoms with E-state index < -0.39 is 0 Å². The number of rotatable bonds is 3. The van der Waals surface area contributed by atoms with Gasteiger partial charge in [-0.15, -0.1) is 0 Å². The van der Waals surface area contributed by atoms with Crippen molar-refractivity contribution in [3.8, 4) is 5.69 Å². The molecule has 3 nitrogen and oxygen atoms in total. The molecule has 0 amide bonds. The molecule has 0 unspecified atom stereocenters. The molecule has 1 heterocycles. The van der Waals surface area contributed by atoms with Crippen LogP contribution in [0.4, 0.5) is 0 Å². The Morgan fingerprint density at radius 2 is 2.00 bits per heavy atom. The number of aromatic nitrogens is 2. The maximum absolute atomic E-state index is 10.4. The number of nitrogens with zero attached hydrogens (tertiary/aromatic N) is 2. The van der Waals surface area contributed by atoms with Gasteiger partial charge in [-0.1, -0.05) is 18.2 Å². The molecule has 0 atom stereocenters. The number of carbonyl (C=O) groups is 1. The van der Waals surface area contributed by atoms with Gasteiger partial charge in [0.2, 0.25) is 0 Å². The fourth-order valence-corrected chi connectivity index (χ4v) is 1.37. The largest absolute Gasteiger partial charge is 0.303 e. The highest BCUT2D eigenvalue weighted by atomic mass is 16.1. The van der Waals surface area contributed by atoms with E-state index in [-0.39, 0.29) is 0 Å². The van der Waals surface area contributed by atoms with Crippen LogP contribution in [0, 0.1) is 0 Å². The van der Waals surface area contributed by atoms with E-state index in [2.05, 4.69) is 5.10 Å². The normalized spacial score (nSPS) is 10.0. The van der Waals surface area contributed by atoms with Gasteiger partial charge in [0.1, 0.15) is 6.29 Å². The Bertz CT molecular complexity index is 420. The highest BCUT2D eigenvalue weighted by Gasteiger charge is 2.02. The molecule has 0 spiro atoms. The summed E-state index contributed by atoms with van der Waals surface area (Å²) in [6.45, 7) is 0. The highest BCUT2D eigenvalue weighted by molar-refractivity contribution is 5.54. The van der Waals surface area contributed by atoms with Crippen LogP contribution in [-0.4, -0.2) is 16.1 Å². The first kappa shape index (κ1) is 8.69. The topological polar surface area (TPSA) is 34.9 Å². The Hall–Kier alpha value is -1.90. The first-order chi connectivity index (χ1) is 6.92. The van der Waals surface area contributed by atoms with Crippen molar-refractivity contribution in [2.75, 3.05) is 0 Å². The van der Waals surface area contributed by atoms with Gasteiger partial charge in [-0.05, 0) is 18.2 Å². The highest BCUT2D eigenvalue weighted by Crippen LogP contribution is 2.09. The van der Waals surface area contributed by atoms with Crippen LogP contribution in [0.15, 0.2) is 42.6 Å². The quantitative estimate of drug-likeness (QED) is 0.682. The van der Waals surface area contributed by atoms with Crippen molar-refractivity contribution in [1.29, 1.82) is 0 Å². The summed E-state index contributed by atoms with van der Waals surface area (Å²) in [7, 11) is 0. The molecular weight excluding hydrogens is 176 g/mol. The molecule has 0 N–H and O–H groups in total. The van der Waals surface area contributed by atoms with E-state index in [0.717, 1.165) is 17.7 Å². The third-order valence-electron chi connectivity index (χ3n) is 2.01. The van der Waals surface area contributed by atoms with Crippen LogP contribution in [0.2, 0.25) is 0 Å². The molecule has 0 saturated heterocycles. The van der Waals surface area contributed by atoms with Crippen molar-refractivity contribution >= 4 is 6.29 Å². The van der Waals surface area contributed by atoms with Crippen LogP contribution in [0.5, 0.6) is 0 Å². The number of hydrogen-bond donors (Lipinski definition) is 0. The van der Waals surface area contributed by atoms with Crippen molar-refractivity contribution in [2.45, 2.75) is 6.42 Å². The standard InChI is InChI=1S/C11H10N2O/c14-9-7-11-6-8-12-13(11)10-4-2-1-3-5-10/h1-6,8-9H,7H2. The molecule has 1 aromatic carbocycles. The van der Waals surface area contributed by atoms with E-state index in [1.54, 1.807) is 10.9 Å². The van der Waals surface area contributed by atoms with Gasteiger partial charge in [0.05, 0.1) is 11.4 Å². The molecule has 2 rings (SSSR count). The lowest BCUT2D eigenvalue weighted by atomic mass is 10.3. The Morgan fingerprint density at radius 3 is 2.71 bits per heavy atom. The lowest BCUT2D eigenvalue weighted by molar-refractivity contribution is -0.107. The molecule has 0 fully saturated rings. The third-order valence-corrected chi connectivity index (χ3v) is 2.01. The van der Waals surface area contributed by atoms with Gasteiger partial charge in [0.25, 0.3) is 0 Å². The van der Waals surface area contributed by atoms with Gasteiger partial charge in [-0.3, -0.25) is 0 Å². The zero-order valence-electron chi connectivity index (χ0n) is 7.63. The third kappa shape index (κ3) is 1.57.